The standard InChI is InChI=1S/C14H15BrF3N5/c15-9-8(6-7(16)10(17)11(9)18)23-13(20)21-12(19)22-14(23)4-2-1-3-5-14/h6H,1-5H2,(H4,19,20,21,22). The van der Waals surface area contributed by atoms with Gasteiger partial charge in [-0.05, 0) is 41.6 Å². The Balaban J connectivity index is 2.18. The van der Waals surface area contributed by atoms with Gasteiger partial charge in [0.1, 0.15) is 5.66 Å². The summed E-state index contributed by atoms with van der Waals surface area (Å²) < 4.78 is 40.9. The molecule has 0 atom stereocenters. The Hall–Kier alpha value is -1.77. The highest BCUT2D eigenvalue weighted by atomic mass is 79.9. The summed E-state index contributed by atoms with van der Waals surface area (Å²) in [5, 5.41) is 0. The molecule has 9 heteroatoms. The summed E-state index contributed by atoms with van der Waals surface area (Å²) in [6.07, 6.45) is 3.97. The predicted octanol–water partition coefficient (Wildman–Crippen LogP) is 2.98. The predicted molar refractivity (Wildman–Crippen MR) is 85.6 cm³/mol. The van der Waals surface area contributed by atoms with Gasteiger partial charge in [0.2, 0.25) is 11.9 Å². The molecule has 0 aromatic heterocycles. The van der Waals surface area contributed by atoms with Crippen LogP contribution >= 0.6 is 15.9 Å². The Labute approximate surface area is 139 Å². The van der Waals surface area contributed by atoms with Crippen LogP contribution in [0.2, 0.25) is 0 Å². The third kappa shape index (κ3) is 2.56. The van der Waals surface area contributed by atoms with E-state index in [-0.39, 0.29) is 22.1 Å². The average molecular weight is 390 g/mol. The molecule has 1 aliphatic carbocycles. The van der Waals surface area contributed by atoms with E-state index in [2.05, 4.69) is 25.9 Å². The lowest BCUT2D eigenvalue weighted by Gasteiger charge is -2.45. The number of halogens is 4. The first kappa shape index (κ1) is 16.1. The van der Waals surface area contributed by atoms with Crippen LogP contribution in [0.3, 0.4) is 0 Å². The zero-order valence-corrected chi connectivity index (χ0v) is 13.7. The molecule has 1 saturated carbocycles. The van der Waals surface area contributed by atoms with Crippen LogP contribution in [-0.4, -0.2) is 17.6 Å². The molecule has 124 valence electrons. The number of guanidine groups is 2. The van der Waals surface area contributed by atoms with E-state index < -0.39 is 23.1 Å². The molecule has 0 unspecified atom stereocenters. The largest absolute Gasteiger partial charge is 0.369 e. The number of nitrogens with two attached hydrogens (primary N) is 2. The highest BCUT2D eigenvalue weighted by Gasteiger charge is 2.44. The van der Waals surface area contributed by atoms with E-state index in [4.69, 9.17) is 11.5 Å². The molecule has 1 fully saturated rings. The van der Waals surface area contributed by atoms with Gasteiger partial charge >= 0.3 is 0 Å². The monoisotopic (exact) mass is 389 g/mol. The van der Waals surface area contributed by atoms with Crippen molar-refractivity contribution in [1.29, 1.82) is 0 Å². The molecule has 1 aromatic carbocycles. The molecule has 4 N–H and O–H groups in total. The number of rotatable bonds is 1. The second kappa shape index (κ2) is 5.70. The van der Waals surface area contributed by atoms with Gasteiger partial charge in [0.05, 0.1) is 10.2 Å². The molecule has 2 aliphatic rings. The zero-order chi connectivity index (χ0) is 16.8. The Morgan fingerprint density at radius 2 is 1.74 bits per heavy atom. The maximum atomic E-state index is 13.9. The summed E-state index contributed by atoms with van der Waals surface area (Å²) >= 11 is 2.98. The van der Waals surface area contributed by atoms with Crippen LogP contribution in [0.1, 0.15) is 32.1 Å². The Morgan fingerprint density at radius 1 is 1.09 bits per heavy atom. The smallest absolute Gasteiger partial charge is 0.220 e. The van der Waals surface area contributed by atoms with Crippen molar-refractivity contribution in [2.24, 2.45) is 21.5 Å². The topological polar surface area (TPSA) is 80.0 Å². The second-order valence-electron chi connectivity index (χ2n) is 5.64. The average Bonchev–Trinajstić information content (AvgIpc) is 2.50. The minimum Gasteiger partial charge on any atom is -0.369 e. The van der Waals surface area contributed by atoms with Gasteiger partial charge in [-0.3, -0.25) is 4.90 Å². The van der Waals surface area contributed by atoms with E-state index in [0.29, 0.717) is 12.8 Å². The van der Waals surface area contributed by atoms with Crippen LogP contribution < -0.4 is 16.4 Å². The summed E-state index contributed by atoms with van der Waals surface area (Å²) in [4.78, 5) is 9.74. The van der Waals surface area contributed by atoms with E-state index in [9.17, 15) is 13.2 Å². The molecule has 1 heterocycles. The SMILES string of the molecule is NC1=NC2(CCCCC2)N(c2cc(F)c(F)c(F)c2Br)C(N)=N1. The summed E-state index contributed by atoms with van der Waals surface area (Å²) in [6, 6.07) is 0.887. The molecule has 1 aromatic rings. The summed E-state index contributed by atoms with van der Waals surface area (Å²) in [6.45, 7) is 0. The van der Waals surface area contributed by atoms with E-state index in [1.54, 1.807) is 0 Å². The van der Waals surface area contributed by atoms with Crippen LogP contribution in [0, 0.1) is 17.5 Å². The minimum absolute atomic E-state index is 0.0227. The minimum atomic E-state index is -1.55. The van der Waals surface area contributed by atoms with Gasteiger partial charge in [-0.1, -0.05) is 6.42 Å². The van der Waals surface area contributed by atoms with Crippen molar-refractivity contribution in [1.82, 2.24) is 0 Å². The quantitative estimate of drug-likeness (QED) is 0.572. The highest BCUT2D eigenvalue weighted by molar-refractivity contribution is 9.10. The molecule has 3 rings (SSSR count). The van der Waals surface area contributed by atoms with Crippen molar-refractivity contribution in [3.05, 3.63) is 28.0 Å². The zero-order valence-electron chi connectivity index (χ0n) is 12.1. The molecule has 0 radical (unpaired) electrons. The van der Waals surface area contributed by atoms with Crippen LogP contribution in [0.15, 0.2) is 20.5 Å². The molecule has 0 amide bonds. The number of hydrogen-bond acceptors (Lipinski definition) is 5. The van der Waals surface area contributed by atoms with Crippen molar-refractivity contribution in [2.45, 2.75) is 37.8 Å². The second-order valence-corrected chi connectivity index (χ2v) is 6.43. The van der Waals surface area contributed by atoms with Gasteiger partial charge < -0.3 is 11.5 Å². The molecular weight excluding hydrogens is 375 g/mol. The first-order valence-electron chi connectivity index (χ1n) is 7.18. The van der Waals surface area contributed by atoms with Gasteiger partial charge in [-0.15, -0.1) is 0 Å². The molecule has 5 nitrogen and oxygen atoms in total. The molecule has 0 saturated heterocycles. The maximum Gasteiger partial charge on any atom is 0.220 e. The maximum absolute atomic E-state index is 13.9. The number of nitrogens with zero attached hydrogens (tertiary/aromatic N) is 3. The van der Waals surface area contributed by atoms with E-state index >= 15 is 0 Å². The van der Waals surface area contributed by atoms with Crippen molar-refractivity contribution < 1.29 is 13.2 Å². The molecular formula is C14H15BrF3N5. The Morgan fingerprint density at radius 3 is 2.39 bits per heavy atom. The third-order valence-electron chi connectivity index (χ3n) is 4.18. The normalized spacial score (nSPS) is 20.4. The number of anilines is 1. The number of hydrogen-bond donors (Lipinski definition) is 2. The lowest BCUT2D eigenvalue weighted by Crippen LogP contribution is -2.58. The van der Waals surface area contributed by atoms with Crippen molar-refractivity contribution in [3.63, 3.8) is 0 Å². The van der Waals surface area contributed by atoms with Crippen molar-refractivity contribution in [3.8, 4) is 0 Å². The number of aliphatic imine (C=N–C) groups is 2. The van der Waals surface area contributed by atoms with Crippen LogP contribution in [0.4, 0.5) is 18.9 Å². The highest BCUT2D eigenvalue weighted by Crippen LogP contribution is 2.43. The number of benzene rings is 1. The van der Waals surface area contributed by atoms with Gasteiger partial charge in [-0.25, -0.2) is 18.2 Å². The van der Waals surface area contributed by atoms with Gasteiger partial charge in [0.15, 0.2) is 17.5 Å². The summed E-state index contributed by atoms with van der Waals surface area (Å²) in [5.41, 5.74) is 10.9. The molecule has 1 aliphatic heterocycles. The van der Waals surface area contributed by atoms with Crippen LogP contribution in [0.25, 0.3) is 0 Å². The van der Waals surface area contributed by atoms with Crippen molar-refractivity contribution >= 4 is 33.5 Å². The van der Waals surface area contributed by atoms with E-state index in [1.807, 2.05) is 0 Å². The molecule has 1 spiro atoms. The first-order chi connectivity index (χ1) is 10.9. The fourth-order valence-corrected chi connectivity index (χ4v) is 3.66. The van der Waals surface area contributed by atoms with Crippen molar-refractivity contribution in [2.75, 3.05) is 4.90 Å². The molecule has 0 bridgehead atoms. The van der Waals surface area contributed by atoms with E-state index in [1.165, 1.54) is 4.90 Å². The van der Waals surface area contributed by atoms with Crippen LogP contribution in [-0.2, 0) is 0 Å². The first-order valence-corrected chi connectivity index (χ1v) is 7.98. The fraction of sp³-hybridized carbons (Fsp3) is 0.429. The van der Waals surface area contributed by atoms with Gasteiger partial charge in [0, 0.05) is 6.07 Å². The Kier molecular flexibility index (Phi) is 3.99. The lowest BCUT2D eigenvalue weighted by molar-refractivity contribution is 0.304. The summed E-state index contributed by atoms with van der Waals surface area (Å²) in [5.74, 6) is -4.16. The third-order valence-corrected chi connectivity index (χ3v) is 4.93. The Bertz CT molecular complexity index is 713. The van der Waals surface area contributed by atoms with Gasteiger partial charge in [-0.2, -0.15) is 4.99 Å². The van der Waals surface area contributed by atoms with Gasteiger partial charge in [0.25, 0.3) is 0 Å². The van der Waals surface area contributed by atoms with Crippen LogP contribution in [0.5, 0.6) is 0 Å². The fourth-order valence-electron chi connectivity index (χ4n) is 3.19. The molecule has 23 heavy (non-hydrogen) atoms. The lowest BCUT2D eigenvalue weighted by atomic mass is 9.87. The van der Waals surface area contributed by atoms with E-state index in [0.717, 1.165) is 25.3 Å². The summed E-state index contributed by atoms with van der Waals surface area (Å²) in [7, 11) is 0.